The number of aryl methyl sites for hydroxylation is 1. The second-order valence-corrected chi connectivity index (χ2v) is 8.82. The van der Waals surface area contributed by atoms with Crippen molar-refractivity contribution in [3.8, 4) is 22.4 Å². The van der Waals surface area contributed by atoms with Crippen LogP contribution in [0.1, 0.15) is 16.7 Å². The van der Waals surface area contributed by atoms with Gasteiger partial charge in [0.25, 0.3) is 0 Å². The Bertz CT molecular complexity index is 1740. The minimum absolute atomic E-state index is 0.220. The van der Waals surface area contributed by atoms with E-state index in [1.54, 1.807) is 12.1 Å². The summed E-state index contributed by atoms with van der Waals surface area (Å²) in [6, 6.07) is 20.6. The number of benzene rings is 3. The molecule has 174 valence electrons. The maximum absolute atomic E-state index is 13.8. The Morgan fingerprint density at radius 2 is 1.66 bits per heavy atom. The van der Waals surface area contributed by atoms with Gasteiger partial charge in [-0.2, -0.15) is 0 Å². The molecule has 0 aliphatic carbocycles. The van der Waals surface area contributed by atoms with Crippen LogP contribution >= 0.6 is 0 Å². The lowest BCUT2D eigenvalue weighted by Gasteiger charge is -2.19. The number of hydrogen-bond donors (Lipinski definition) is 4. The lowest BCUT2D eigenvalue weighted by Crippen LogP contribution is -2.14. The fourth-order valence-electron chi connectivity index (χ4n) is 5.13. The molecule has 0 atom stereocenters. The van der Waals surface area contributed by atoms with Crippen LogP contribution < -0.4 is 17.2 Å². The van der Waals surface area contributed by atoms with Crippen molar-refractivity contribution in [2.24, 2.45) is 11.5 Å². The van der Waals surface area contributed by atoms with Crippen molar-refractivity contribution < 1.29 is 4.39 Å². The molecule has 0 aliphatic rings. The fraction of sp³-hybridized carbons (Fsp3) is 0.107. The summed E-state index contributed by atoms with van der Waals surface area (Å²) >= 11 is 0. The predicted octanol–water partition coefficient (Wildman–Crippen LogP) is 5.25. The van der Waals surface area contributed by atoms with Crippen LogP contribution in [-0.4, -0.2) is 14.4 Å². The van der Waals surface area contributed by atoms with E-state index < -0.39 is 0 Å². The van der Waals surface area contributed by atoms with Gasteiger partial charge >= 0.3 is 0 Å². The van der Waals surface area contributed by atoms with Crippen molar-refractivity contribution in [3.05, 3.63) is 89.2 Å². The van der Waals surface area contributed by atoms with Crippen molar-refractivity contribution in [1.29, 1.82) is 0 Å². The van der Waals surface area contributed by atoms with E-state index in [2.05, 4.69) is 11.1 Å². The highest BCUT2D eigenvalue weighted by molar-refractivity contribution is 6.07. The number of anilines is 1. The number of rotatable bonds is 4. The molecule has 7 heteroatoms. The number of H-pyrrole nitrogens is 1. The van der Waals surface area contributed by atoms with Gasteiger partial charge < -0.3 is 22.2 Å². The molecule has 0 aliphatic heterocycles. The lowest BCUT2D eigenvalue weighted by molar-refractivity contribution is 0.628. The topological polar surface area (TPSA) is 111 Å². The summed E-state index contributed by atoms with van der Waals surface area (Å²) in [6.45, 7) is 2.50. The zero-order valence-electron chi connectivity index (χ0n) is 19.3. The molecule has 7 N–H and O–H groups in total. The molecule has 0 fully saturated rings. The van der Waals surface area contributed by atoms with E-state index in [0.29, 0.717) is 11.5 Å². The summed E-state index contributed by atoms with van der Waals surface area (Å²) in [5.74, 6) is 0.248. The summed E-state index contributed by atoms with van der Waals surface area (Å²) in [5.41, 5.74) is 29.3. The normalized spacial score (nSPS) is 11.8. The SMILES string of the molecule is Cc1ccc2c(c1)nc1c(CN)c(-c3c(-c4ccc(F)cc4)[nH]c4ccccc34)c(CN)c(N)n12. The highest BCUT2D eigenvalue weighted by atomic mass is 19.1. The second-order valence-electron chi connectivity index (χ2n) is 8.82. The molecule has 3 aromatic heterocycles. The van der Waals surface area contributed by atoms with E-state index in [9.17, 15) is 4.39 Å². The molecule has 0 radical (unpaired) electrons. The van der Waals surface area contributed by atoms with E-state index in [1.807, 2.05) is 47.7 Å². The Hall–Kier alpha value is -4.20. The number of nitrogens with one attached hydrogen (secondary N) is 1. The van der Waals surface area contributed by atoms with Crippen molar-refractivity contribution >= 4 is 33.4 Å². The predicted molar refractivity (Wildman–Crippen MR) is 140 cm³/mol. The van der Waals surface area contributed by atoms with Crippen LogP contribution in [0.2, 0.25) is 0 Å². The monoisotopic (exact) mass is 464 g/mol. The van der Waals surface area contributed by atoms with Gasteiger partial charge in [-0.25, -0.2) is 9.37 Å². The standard InChI is InChI=1S/C28H25FN6/c1-15-6-11-23-22(12-15)34-28-20(14-31)24(19(13-30)27(32)35(23)28)25-18-4-2-3-5-21(18)33-26(25)16-7-9-17(29)10-8-16/h2-12,33H,13-14,30-32H2,1H3. The Morgan fingerprint density at radius 1 is 0.914 bits per heavy atom. The highest BCUT2D eigenvalue weighted by Crippen LogP contribution is 2.44. The minimum atomic E-state index is -0.290. The van der Waals surface area contributed by atoms with Gasteiger partial charge in [-0.05, 0) is 60.5 Å². The zero-order chi connectivity index (χ0) is 24.3. The molecule has 3 aromatic carbocycles. The van der Waals surface area contributed by atoms with E-state index >= 15 is 0 Å². The first-order valence-corrected chi connectivity index (χ1v) is 11.5. The molecule has 0 spiro atoms. The van der Waals surface area contributed by atoms with Crippen molar-refractivity contribution in [2.75, 3.05) is 5.73 Å². The quantitative estimate of drug-likeness (QED) is 0.285. The summed E-state index contributed by atoms with van der Waals surface area (Å²) in [5, 5.41) is 1.01. The molecular formula is C28H25FN6. The third-order valence-corrected chi connectivity index (χ3v) is 6.73. The van der Waals surface area contributed by atoms with Crippen LogP contribution in [0.25, 0.3) is 50.0 Å². The highest BCUT2D eigenvalue weighted by Gasteiger charge is 2.26. The lowest BCUT2D eigenvalue weighted by atomic mass is 9.91. The minimum Gasteiger partial charge on any atom is -0.384 e. The van der Waals surface area contributed by atoms with Gasteiger partial charge in [-0.1, -0.05) is 24.3 Å². The summed E-state index contributed by atoms with van der Waals surface area (Å²) in [7, 11) is 0. The largest absolute Gasteiger partial charge is 0.384 e. The maximum Gasteiger partial charge on any atom is 0.144 e. The first kappa shape index (κ1) is 21.3. The molecule has 35 heavy (non-hydrogen) atoms. The van der Waals surface area contributed by atoms with Crippen LogP contribution in [0, 0.1) is 12.7 Å². The number of nitrogens with zero attached hydrogens (tertiary/aromatic N) is 2. The number of nitrogen functional groups attached to an aromatic ring is 1. The van der Waals surface area contributed by atoms with Gasteiger partial charge in [-0.3, -0.25) is 4.40 Å². The third kappa shape index (κ3) is 3.13. The van der Waals surface area contributed by atoms with Gasteiger partial charge in [0.2, 0.25) is 0 Å². The van der Waals surface area contributed by atoms with E-state index in [0.717, 1.165) is 61.0 Å². The average Bonchev–Trinajstić information content (AvgIpc) is 3.42. The summed E-state index contributed by atoms with van der Waals surface area (Å²) in [6.07, 6.45) is 0. The molecular weight excluding hydrogens is 439 g/mol. The first-order valence-electron chi connectivity index (χ1n) is 11.5. The maximum atomic E-state index is 13.8. The molecule has 0 saturated heterocycles. The Labute approximate surface area is 201 Å². The molecule has 6 aromatic rings. The van der Waals surface area contributed by atoms with Crippen LogP contribution in [0.5, 0.6) is 0 Å². The number of imidazole rings is 1. The van der Waals surface area contributed by atoms with Gasteiger partial charge in [0.1, 0.15) is 17.3 Å². The van der Waals surface area contributed by atoms with Crippen molar-refractivity contribution in [1.82, 2.24) is 14.4 Å². The zero-order valence-corrected chi connectivity index (χ0v) is 19.3. The fourth-order valence-corrected chi connectivity index (χ4v) is 5.13. The Morgan fingerprint density at radius 3 is 2.40 bits per heavy atom. The molecule has 0 bridgehead atoms. The number of aromatic amines is 1. The molecule has 0 unspecified atom stereocenters. The Balaban J connectivity index is 1.80. The number of halogens is 1. The van der Waals surface area contributed by atoms with Gasteiger partial charge in [0.15, 0.2) is 0 Å². The molecule has 6 rings (SSSR count). The van der Waals surface area contributed by atoms with Crippen LogP contribution in [0.15, 0.2) is 66.7 Å². The third-order valence-electron chi connectivity index (χ3n) is 6.73. The van der Waals surface area contributed by atoms with Crippen LogP contribution in [-0.2, 0) is 13.1 Å². The van der Waals surface area contributed by atoms with E-state index in [1.165, 1.54) is 12.1 Å². The van der Waals surface area contributed by atoms with E-state index in [4.69, 9.17) is 22.2 Å². The number of fused-ring (bicyclic) bond motifs is 4. The Kier molecular flexibility index (Phi) is 4.84. The van der Waals surface area contributed by atoms with Crippen LogP contribution in [0.3, 0.4) is 0 Å². The van der Waals surface area contributed by atoms with E-state index in [-0.39, 0.29) is 18.9 Å². The smallest absolute Gasteiger partial charge is 0.144 e. The van der Waals surface area contributed by atoms with Crippen molar-refractivity contribution in [2.45, 2.75) is 20.0 Å². The molecule has 0 amide bonds. The van der Waals surface area contributed by atoms with Crippen LogP contribution in [0.4, 0.5) is 10.2 Å². The molecule has 6 nitrogen and oxygen atoms in total. The number of hydrogen-bond acceptors (Lipinski definition) is 4. The van der Waals surface area contributed by atoms with Gasteiger partial charge in [-0.15, -0.1) is 0 Å². The number of pyridine rings is 1. The summed E-state index contributed by atoms with van der Waals surface area (Å²) < 4.78 is 15.7. The molecule has 3 heterocycles. The van der Waals surface area contributed by atoms with Gasteiger partial charge in [0.05, 0.1) is 16.7 Å². The first-order chi connectivity index (χ1) is 17.0. The average molecular weight is 465 g/mol. The van der Waals surface area contributed by atoms with Crippen molar-refractivity contribution in [3.63, 3.8) is 0 Å². The van der Waals surface area contributed by atoms with Gasteiger partial charge in [0, 0.05) is 46.2 Å². The number of aromatic nitrogens is 3. The molecule has 0 saturated carbocycles. The summed E-state index contributed by atoms with van der Waals surface area (Å²) in [4.78, 5) is 8.48. The number of nitrogens with two attached hydrogens (primary N) is 3. The second kappa shape index (κ2) is 7.94. The number of para-hydroxylation sites is 1.